The fourth-order valence-electron chi connectivity index (χ4n) is 3.12. The van der Waals surface area contributed by atoms with Crippen molar-refractivity contribution in [2.24, 2.45) is 4.99 Å². The van der Waals surface area contributed by atoms with Crippen LogP contribution in [0.5, 0.6) is 0 Å². The Labute approximate surface area is 174 Å². The highest BCUT2D eigenvalue weighted by atomic mass is 32.1. The van der Waals surface area contributed by atoms with Gasteiger partial charge in [0.15, 0.2) is 4.80 Å². The third kappa shape index (κ3) is 3.60. The van der Waals surface area contributed by atoms with E-state index in [1.807, 2.05) is 16.7 Å². The van der Waals surface area contributed by atoms with Gasteiger partial charge in [-0.15, -0.1) is 6.58 Å². The summed E-state index contributed by atoms with van der Waals surface area (Å²) in [7, 11) is 0. The molecule has 4 aromatic rings. The first kappa shape index (κ1) is 19.5. The lowest BCUT2D eigenvalue weighted by atomic mass is 10.2. The normalized spacial score (nSPS) is 11.7. The monoisotopic (exact) mass is 419 g/mol. The molecule has 30 heavy (non-hydrogen) atoms. The molecule has 0 spiro atoms. The number of thiazole rings is 1. The molecule has 0 radical (unpaired) electrons. The fourth-order valence-corrected chi connectivity index (χ4v) is 4.19. The topological polar surface area (TPSA) is 93.7 Å². The molecule has 0 fully saturated rings. The first-order valence-corrected chi connectivity index (χ1v) is 9.91. The maximum absolute atomic E-state index is 12.8. The zero-order valence-corrected chi connectivity index (χ0v) is 16.9. The number of amides is 2. The molecule has 0 aliphatic heterocycles. The molecule has 0 atom stereocenters. The summed E-state index contributed by atoms with van der Waals surface area (Å²) < 4.78 is 8.09. The van der Waals surface area contributed by atoms with E-state index in [0.717, 1.165) is 16.5 Å². The largest absolute Gasteiger partial charge is 0.463 e. The van der Waals surface area contributed by atoms with Crippen molar-refractivity contribution < 1.29 is 14.0 Å². The molecular weight excluding hydrogens is 402 g/mol. The van der Waals surface area contributed by atoms with Crippen molar-refractivity contribution in [2.45, 2.75) is 13.5 Å². The van der Waals surface area contributed by atoms with Crippen molar-refractivity contribution in [1.82, 2.24) is 4.57 Å². The minimum absolute atomic E-state index is 0.129. The first-order chi connectivity index (χ1) is 14.5. The highest BCUT2D eigenvalue weighted by Gasteiger charge is 2.15. The molecule has 150 valence electrons. The molecule has 7 nitrogen and oxygen atoms in total. The Hall–Kier alpha value is -3.78. The standard InChI is InChI=1S/C22H17N3O4S/c1-3-10-25-17-9-8-14(23-13(2)26)11-19(17)30-22(25)24-21(28)16-12-29-18-7-5-4-6-15(18)20(16)27/h3-9,11-12H,1,10H2,2H3,(H,23,26). The lowest BCUT2D eigenvalue weighted by Crippen LogP contribution is -2.19. The molecule has 0 unspecified atom stereocenters. The highest BCUT2D eigenvalue weighted by Crippen LogP contribution is 2.22. The Balaban J connectivity index is 1.85. The number of fused-ring (bicyclic) bond motifs is 2. The van der Waals surface area contributed by atoms with Gasteiger partial charge < -0.3 is 14.3 Å². The number of allylic oxidation sites excluding steroid dienone is 1. The summed E-state index contributed by atoms with van der Waals surface area (Å²) in [5.41, 5.74) is 1.35. The third-order valence-electron chi connectivity index (χ3n) is 4.42. The molecular formula is C22H17N3O4S. The molecule has 8 heteroatoms. The van der Waals surface area contributed by atoms with E-state index >= 15 is 0 Å². The number of anilines is 1. The number of aromatic nitrogens is 1. The number of para-hydroxylation sites is 1. The predicted molar refractivity (Wildman–Crippen MR) is 117 cm³/mol. The molecule has 1 N–H and O–H groups in total. The Bertz CT molecular complexity index is 1440. The maximum Gasteiger partial charge on any atom is 0.286 e. The van der Waals surface area contributed by atoms with Gasteiger partial charge in [0, 0.05) is 19.2 Å². The Kier molecular flexibility index (Phi) is 5.16. The van der Waals surface area contributed by atoms with Crippen LogP contribution in [0.15, 0.2) is 75.6 Å². The quantitative estimate of drug-likeness (QED) is 0.511. The zero-order chi connectivity index (χ0) is 21.3. The molecule has 0 aliphatic carbocycles. The van der Waals surface area contributed by atoms with Gasteiger partial charge in [-0.05, 0) is 30.3 Å². The Morgan fingerprint density at radius 2 is 2.07 bits per heavy atom. The van der Waals surface area contributed by atoms with E-state index in [2.05, 4.69) is 16.9 Å². The summed E-state index contributed by atoms with van der Waals surface area (Å²) in [4.78, 5) is 41.4. The summed E-state index contributed by atoms with van der Waals surface area (Å²) in [5.74, 6) is -0.853. The first-order valence-electron chi connectivity index (χ1n) is 9.09. The minimum atomic E-state index is -0.680. The van der Waals surface area contributed by atoms with Gasteiger partial charge in [0.2, 0.25) is 11.3 Å². The summed E-state index contributed by atoms with van der Waals surface area (Å²) >= 11 is 1.28. The van der Waals surface area contributed by atoms with E-state index in [-0.39, 0.29) is 11.5 Å². The lowest BCUT2D eigenvalue weighted by molar-refractivity contribution is -0.114. The number of carbonyl (C=O) groups is 2. The van der Waals surface area contributed by atoms with Gasteiger partial charge in [0.1, 0.15) is 17.4 Å². The van der Waals surface area contributed by atoms with Crippen LogP contribution in [0.3, 0.4) is 0 Å². The van der Waals surface area contributed by atoms with Crippen molar-refractivity contribution in [3.05, 3.63) is 82.0 Å². The van der Waals surface area contributed by atoms with Crippen LogP contribution >= 0.6 is 11.3 Å². The highest BCUT2D eigenvalue weighted by molar-refractivity contribution is 7.16. The van der Waals surface area contributed by atoms with E-state index in [1.165, 1.54) is 18.3 Å². The number of nitrogens with zero attached hydrogens (tertiary/aromatic N) is 2. The van der Waals surface area contributed by atoms with Crippen molar-refractivity contribution in [3.63, 3.8) is 0 Å². The number of benzene rings is 2. The molecule has 0 aliphatic rings. The van der Waals surface area contributed by atoms with Gasteiger partial charge in [-0.25, -0.2) is 0 Å². The van der Waals surface area contributed by atoms with Crippen LogP contribution < -0.4 is 15.5 Å². The van der Waals surface area contributed by atoms with Crippen molar-refractivity contribution in [3.8, 4) is 0 Å². The number of hydrogen-bond acceptors (Lipinski definition) is 5. The molecule has 0 bridgehead atoms. The van der Waals surface area contributed by atoms with Crippen LogP contribution in [0.2, 0.25) is 0 Å². The number of carbonyl (C=O) groups excluding carboxylic acids is 2. The molecule has 2 aromatic heterocycles. The van der Waals surface area contributed by atoms with Gasteiger partial charge in [-0.3, -0.25) is 14.4 Å². The predicted octanol–water partition coefficient (Wildman–Crippen LogP) is 3.69. The van der Waals surface area contributed by atoms with Crippen molar-refractivity contribution >= 4 is 50.0 Å². The van der Waals surface area contributed by atoms with Crippen LogP contribution in [0.4, 0.5) is 5.69 Å². The molecule has 0 saturated heterocycles. The minimum Gasteiger partial charge on any atom is -0.463 e. The second-order valence-corrected chi connectivity index (χ2v) is 7.55. The van der Waals surface area contributed by atoms with E-state index in [0.29, 0.717) is 28.0 Å². The van der Waals surface area contributed by atoms with Crippen LogP contribution in [0.1, 0.15) is 17.3 Å². The second kappa shape index (κ2) is 7.92. The summed E-state index contributed by atoms with van der Waals surface area (Å²) in [6, 6.07) is 12.2. The van der Waals surface area contributed by atoms with E-state index in [4.69, 9.17) is 4.42 Å². The number of nitrogens with one attached hydrogen (secondary N) is 1. The number of rotatable bonds is 4. The molecule has 2 amide bonds. The average molecular weight is 419 g/mol. The summed E-state index contributed by atoms with van der Waals surface area (Å²) in [6.45, 7) is 5.63. The lowest BCUT2D eigenvalue weighted by Gasteiger charge is -2.03. The maximum atomic E-state index is 12.8. The average Bonchev–Trinajstić information content (AvgIpc) is 3.04. The molecule has 4 rings (SSSR count). The van der Waals surface area contributed by atoms with Gasteiger partial charge in [-0.1, -0.05) is 29.5 Å². The summed E-state index contributed by atoms with van der Waals surface area (Å²) in [5, 5.41) is 3.06. The van der Waals surface area contributed by atoms with E-state index in [9.17, 15) is 14.4 Å². The Morgan fingerprint density at radius 1 is 1.27 bits per heavy atom. The molecule has 2 aromatic carbocycles. The van der Waals surface area contributed by atoms with Gasteiger partial charge >= 0.3 is 0 Å². The van der Waals surface area contributed by atoms with E-state index in [1.54, 1.807) is 36.4 Å². The fraction of sp³-hybridized carbons (Fsp3) is 0.0909. The van der Waals surface area contributed by atoms with E-state index < -0.39 is 11.3 Å². The SMILES string of the molecule is C=CCn1c(=NC(=O)c2coc3ccccc3c2=O)sc2cc(NC(C)=O)ccc21. The van der Waals surface area contributed by atoms with Crippen LogP contribution in [0, 0.1) is 0 Å². The summed E-state index contributed by atoms with van der Waals surface area (Å²) in [6.07, 6.45) is 2.85. The van der Waals surface area contributed by atoms with Crippen LogP contribution in [-0.4, -0.2) is 16.4 Å². The Morgan fingerprint density at radius 3 is 2.83 bits per heavy atom. The molecule has 0 saturated carbocycles. The van der Waals surface area contributed by atoms with Gasteiger partial charge in [-0.2, -0.15) is 4.99 Å². The smallest absolute Gasteiger partial charge is 0.286 e. The number of hydrogen-bond donors (Lipinski definition) is 1. The van der Waals surface area contributed by atoms with Crippen LogP contribution in [0.25, 0.3) is 21.2 Å². The van der Waals surface area contributed by atoms with Crippen molar-refractivity contribution in [1.29, 1.82) is 0 Å². The zero-order valence-electron chi connectivity index (χ0n) is 16.0. The third-order valence-corrected chi connectivity index (χ3v) is 5.46. The van der Waals surface area contributed by atoms with Crippen LogP contribution in [-0.2, 0) is 11.3 Å². The van der Waals surface area contributed by atoms with Gasteiger partial charge in [0.25, 0.3) is 5.91 Å². The molecule has 2 heterocycles. The van der Waals surface area contributed by atoms with Crippen molar-refractivity contribution in [2.75, 3.05) is 5.32 Å². The van der Waals surface area contributed by atoms with Gasteiger partial charge in [0.05, 0.1) is 15.6 Å². The second-order valence-electron chi connectivity index (χ2n) is 6.54.